The number of nitrogens with zero attached hydrogens (tertiary/aromatic N) is 2. The zero-order valence-corrected chi connectivity index (χ0v) is 32.8. The van der Waals surface area contributed by atoms with Crippen LogP contribution in [0.5, 0.6) is 0 Å². The molecular formula is C41H57N7O6S. The summed E-state index contributed by atoms with van der Waals surface area (Å²) in [6.07, 6.45) is 3.23. The molecule has 1 aliphatic rings. The molecule has 0 aliphatic carbocycles. The van der Waals surface area contributed by atoms with Crippen LogP contribution in [-0.2, 0) is 42.0 Å². The molecule has 3 aromatic carbocycles. The van der Waals surface area contributed by atoms with Crippen molar-refractivity contribution in [2.45, 2.75) is 87.9 Å². The monoisotopic (exact) mass is 775 g/mol. The number of carbonyl (C=O) groups excluding carboxylic acids is 4. The van der Waals surface area contributed by atoms with E-state index in [1.54, 1.807) is 35.2 Å². The molecule has 0 aromatic heterocycles. The fourth-order valence-electron chi connectivity index (χ4n) is 6.58. The summed E-state index contributed by atoms with van der Waals surface area (Å²) in [5.74, 6) is -1.88. The number of nitrogens with two attached hydrogens (primary N) is 2. The lowest BCUT2D eigenvalue weighted by Crippen LogP contribution is -2.59. The number of unbranched alkanes of at least 4 members (excludes halogenated alkanes) is 2. The highest BCUT2D eigenvalue weighted by Gasteiger charge is 2.35. The second-order valence-corrected chi connectivity index (χ2v) is 16.4. The molecule has 1 saturated heterocycles. The SMILES string of the molecule is CC(C)C[C@@H](NC(=O)[C@@H](Cc1ccccc1)NC(=O)[C@H](N)Cc1ccccc1)C(=O)N[C@H](CCCCCN)C(=O)N1CCN(S(=O)(=O)c2ccccc2)CC1. The summed E-state index contributed by atoms with van der Waals surface area (Å²) in [5, 5.41) is 8.63. The van der Waals surface area contributed by atoms with Crippen LogP contribution in [0.25, 0.3) is 0 Å². The molecule has 0 saturated carbocycles. The van der Waals surface area contributed by atoms with Crippen molar-refractivity contribution in [3.05, 3.63) is 102 Å². The van der Waals surface area contributed by atoms with E-state index in [2.05, 4.69) is 16.0 Å². The van der Waals surface area contributed by atoms with Crippen molar-refractivity contribution in [1.82, 2.24) is 25.2 Å². The quantitative estimate of drug-likeness (QED) is 0.108. The Morgan fingerprint density at radius 2 is 1.16 bits per heavy atom. The van der Waals surface area contributed by atoms with Gasteiger partial charge in [-0.2, -0.15) is 4.31 Å². The van der Waals surface area contributed by atoms with Gasteiger partial charge in [-0.3, -0.25) is 19.2 Å². The summed E-state index contributed by atoms with van der Waals surface area (Å²) in [6, 6.07) is 22.9. The molecule has 14 heteroatoms. The molecule has 0 radical (unpaired) electrons. The molecule has 0 unspecified atom stereocenters. The van der Waals surface area contributed by atoms with E-state index in [1.165, 1.54) is 4.31 Å². The summed E-state index contributed by atoms with van der Waals surface area (Å²) >= 11 is 0. The fraction of sp³-hybridized carbons (Fsp3) is 0.463. The van der Waals surface area contributed by atoms with Crippen LogP contribution >= 0.6 is 0 Å². The minimum atomic E-state index is -3.72. The zero-order chi connectivity index (χ0) is 39.8. The van der Waals surface area contributed by atoms with Gasteiger partial charge in [-0.1, -0.05) is 106 Å². The summed E-state index contributed by atoms with van der Waals surface area (Å²) in [7, 11) is -3.72. The van der Waals surface area contributed by atoms with Gasteiger partial charge in [0.1, 0.15) is 18.1 Å². The van der Waals surface area contributed by atoms with Crippen LogP contribution in [0.1, 0.15) is 57.1 Å². The number of amides is 4. The molecule has 298 valence electrons. The Kier molecular flexibility index (Phi) is 16.8. The van der Waals surface area contributed by atoms with E-state index in [9.17, 15) is 27.6 Å². The minimum absolute atomic E-state index is 0.00384. The van der Waals surface area contributed by atoms with Crippen LogP contribution in [0.4, 0.5) is 0 Å². The van der Waals surface area contributed by atoms with Crippen molar-refractivity contribution >= 4 is 33.7 Å². The number of rotatable bonds is 20. The minimum Gasteiger partial charge on any atom is -0.343 e. The van der Waals surface area contributed by atoms with Gasteiger partial charge in [0.05, 0.1) is 10.9 Å². The summed E-state index contributed by atoms with van der Waals surface area (Å²) < 4.78 is 27.8. The smallest absolute Gasteiger partial charge is 0.245 e. The Hall–Kier alpha value is -4.63. The average molecular weight is 776 g/mol. The first-order valence-corrected chi connectivity index (χ1v) is 20.6. The van der Waals surface area contributed by atoms with E-state index in [0.29, 0.717) is 19.4 Å². The van der Waals surface area contributed by atoms with Crippen LogP contribution in [0.2, 0.25) is 0 Å². The number of nitrogens with one attached hydrogen (secondary N) is 3. The highest BCUT2D eigenvalue weighted by Crippen LogP contribution is 2.19. The van der Waals surface area contributed by atoms with Crippen LogP contribution in [0.3, 0.4) is 0 Å². The highest BCUT2D eigenvalue weighted by atomic mass is 32.2. The number of hydrogen-bond acceptors (Lipinski definition) is 8. The molecule has 1 heterocycles. The highest BCUT2D eigenvalue weighted by molar-refractivity contribution is 7.89. The number of hydrogen-bond donors (Lipinski definition) is 5. The lowest BCUT2D eigenvalue weighted by atomic mass is 9.99. The topological polar surface area (TPSA) is 197 Å². The van der Waals surface area contributed by atoms with Gasteiger partial charge in [-0.05, 0) is 61.4 Å². The molecule has 13 nitrogen and oxygen atoms in total. The molecule has 1 aliphatic heterocycles. The van der Waals surface area contributed by atoms with Gasteiger partial charge in [0.25, 0.3) is 0 Å². The molecule has 55 heavy (non-hydrogen) atoms. The maximum Gasteiger partial charge on any atom is 0.245 e. The first-order chi connectivity index (χ1) is 26.4. The Morgan fingerprint density at radius 1 is 0.655 bits per heavy atom. The van der Waals surface area contributed by atoms with Gasteiger partial charge in [0, 0.05) is 32.6 Å². The van der Waals surface area contributed by atoms with Gasteiger partial charge >= 0.3 is 0 Å². The van der Waals surface area contributed by atoms with Crippen molar-refractivity contribution in [3.63, 3.8) is 0 Å². The van der Waals surface area contributed by atoms with Crippen molar-refractivity contribution in [3.8, 4) is 0 Å². The van der Waals surface area contributed by atoms with Crippen LogP contribution < -0.4 is 27.4 Å². The van der Waals surface area contributed by atoms with Crippen LogP contribution in [0.15, 0.2) is 95.9 Å². The largest absolute Gasteiger partial charge is 0.343 e. The first-order valence-electron chi connectivity index (χ1n) is 19.2. The van der Waals surface area contributed by atoms with Gasteiger partial charge < -0.3 is 32.3 Å². The molecule has 0 spiro atoms. The third-order valence-corrected chi connectivity index (χ3v) is 11.5. The lowest BCUT2D eigenvalue weighted by molar-refractivity contribution is -0.139. The predicted molar refractivity (Wildman–Crippen MR) is 213 cm³/mol. The van der Waals surface area contributed by atoms with Crippen LogP contribution in [-0.4, -0.2) is 98.1 Å². The van der Waals surface area contributed by atoms with E-state index < -0.39 is 51.9 Å². The first kappa shape index (κ1) is 43.1. The van der Waals surface area contributed by atoms with Crippen molar-refractivity contribution in [1.29, 1.82) is 0 Å². The Morgan fingerprint density at radius 3 is 1.73 bits per heavy atom. The molecule has 4 atom stereocenters. The van der Waals surface area contributed by atoms with E-state index in [4.69, 9.17) is 11.5 Å². The molecule has 3 aromatic rings. The summed E-state index contributed by atoms with van der Waals surface area (Å²) in [4.78, 5) is 57.1. The number of carbonyl (C=O) groups is 4. The van der Waals surface area contributed by atoms with Crippen molar-refractivity contribution in [2.75, 3.05) is 32.7 Å². The van der Waals surface area contributed by atoms with E-state index >= 15 is 0 Å². The van der Waals surface area contributed by atoms with Crippen molar-refractivity contribution < 1.29 is 27.6 Å². The van der Waals surface area contributed by atoms with Crippen molar-refractivity contribution in [2.24, 2.45) is 17.4 Å². The second-order valence-electron chi connectivity index (χ2n) is 14.5. The molecule has 4 rings (SSSR count). The Balaban J connectivity index is 1.47. The summed E-state index contributed by atoms with van der Waals surface area (Å²) in [6.45, 7) is 4.92. The zero-order valence-electron chi connectivity index (χ0n) is 31.9. The Labute approximate surface area is 325 Å². The maximum atomic E-state index is 14.0. The number of piperazine rings is 1. The lowest BCUT2D eigenvalue weighted by Gasteiger charge is -2.36. The third-order valence-electron chi connectivity index (χ3n) is 9.63. The van der Waals surface area contributed by atoms with Crippen LogP contribution in [0, 0.1) is 5.92 Å². The van der Waals surface area contributed by atoms with Gasteiger partial charge in [-0.15, -0.1) is 0 Å². The third kappa shape index (κ3) is 13.3. The fourth-order valence-corrected chi connectivity index (χ4v) is 8.03. The van der Waals surface area contributed by atoms with E-state index in [-0.39, 0.29) is 62.2 Å². The number of sulfonamides is 1. The average Bonchev–Trinajstić information content (AvgIpc) is 3.19. The number of benzene rings is 3. The standard InChI is InChI=1S/C41H57N7O6S/c1-30(2)27-36(46-40(51)37(29-32-17-9-4-10-18-32)45-38(49)34(43)28-31-15-7-3-8-16-31)39(50)44-35(21-13-6-14-22-42)41(52)47-23-25-48(26-24-47)55(53,54)33-19-11-5-12-20-33/h3-5,7-12,15-20,30,34-37H,6,13-14,21-29,42-43H2,1-2H3,(H,44,50)(H,45,49)(H,46,51)/t34-,35-,36-,37-/m1/s1. The Bertz CT molecular complexity index is 1770. The molecule has 4 amide bonds. The molecular weight excluding hydrogens is 719 g/mol. The van der Waals surface area contributed by atoms with Gasteiger partial charge in [0.2, 0.25) is 33.7 Å². The molecule has 0 bridgehead atoms. The van der Waals surface area contributed by atoms with Gasteiger partial charge in [0.15, 0.2) is 0 Å². The molecule has 1 fully saturated rings. The van der Waals surface area contributed by atoms with E-state index in [0.717, 1.165) is 24.0 Å². The summed E-state index contributed by atoms with van der Waals surface area (Å²) in [5.41, 5.74) is 13.7. The molecule has 7 N–H and O–H groups in total. The normalized spacial score (nSPS) is 15.8. The predicted octanol–water partition coefficient (Wildman–Crippen LogP) is 2.35. The van der Waals surface area contributed by atoms with E-state index in [1.807, 2.05) is 74.5 Å². The maximum absolute atomic E-state index is 14.0. The second kappa shape index (κ2) is 21.5. The van der Waals surface area contributed by atoms with Gasteiger partial charge in [-0.25, -0.2) is 8.42 Å².